The summed E-state index contributed by atoms with van der Waals surface area (Å²) in [7, 11) is 3.01. The van der Waals surface area contributed by atoms with Crippen LogP contribution in [0.4, 0.5) is 0 Å². The molecular formula is C9H13N3O2. The van der Waals surface area contributed by atoms with Crippen LogP contribution < -0.4 is 5.32 Å². The minimum Gasteiger partial charge on any atom is -0.467 e. The van der Waals surface area contributed by atoms with Gasteiger partial charge in [0.15, 0.2) is 5.54 Å². The van der Waals surface area contributed by atoms with Gasteiger partial charge in [-0.1, -0.05) is 0 Å². The molecule has 1 aromatic rings. The monoisotopic (exact) mass is 195 g/mol. The molecule has 0 radical (unpaired) electrons. The van der Waals surface area contributed by atoms with Gasteiger partial charge in [0.1, 0.15) is 0 Å². The molecule has 14 heavy (non-hydrogen) atoms. The lowest BCUT2D eigenvalue weighted by atomic mass is 9.99. The van der Waals surface area contributed by atoms with Gasteiger partial charge in [0, 0.05) is 12.4 Å². The normalized spacial score (nSPS) is 14.5. The fourth-order valence-electron chi connectivity index (χ4n) is 1.10. The molecular weight excluding hydrogens is 182 g/mol. The van der Waals surface area contributed by atoms with E-state index < -0.39 is 5.54 Å². The second-order valence-electron chi connectivity index (χ2n) is 2.96. The summed E-state index contributed by atoms with van der Waals surface area (Å²) >= 11 is 0. The first kappa shape index (κ1) is 10.6. The molecule has 1 heterocycles. The van der Waals surface area contributed by atoms with E-state index in [0.29, 0.717) is 5.69 Å². The van der Waals surface area contributed by atoms with Crippen LogP contribution in [0.5, 0.6) is 0 Å². The third kappa shape index (κ3) is 1.72. The van der Waals surface area contributed by atoms with Crippen molar-refractivity contribution in [2.24, 2.45) is 0 Å². The average Bonchev–Trinajstić information content (AvgIpc) is 2.28. The van der Waals surface area contributed by atoms with Crippen LogP contribution >= 0.6 is 0 Å². The van der Waals surface area contributed by atoms with Gasteiger partial charge in [-0.2, -0.15) is 0 Å². The number of carbonyl (C=O) groups is 1. The van der Waals surface area contributed by atoms with Gasteiger partial charge in [-0.15, -0.1) is 0 Å². The number of esters is 1. The highest BCUT2D eigenvalue weighted by Gasteiger charge is 2.36. The number of hydrogen-bond acceptors (Lipinski definition) is 5. The molecule has 1 atom stereocenters. The Hall–Kier alpha value is -1.49. The number of likely N-dealkylation sites (N-methyl/N-ethyl adjacent to an activating group) is 1. The number of ether oxygens (including phenoxy) is 1. The van der Waals surface area contributed by atoms with Crippen molar-refractivity contribution in [2.75, 3.05) is 14.2 Å². The van der Waals surface area contributed by atoms with E-state index in [9.17, 15) is 4.79 Å². The molecule has 0 saturated carbocycles. The summed E-state index contributed by atoms with van der Waals surface area (Å²) in [4.78, 5) is 19.5. The fraction of sp³-hybridized carbons (Fsp3) is 0.444. The van der Waals surface area contributed by atoms with Gasteiger partial charge in [0.2, 0.25) is 0 Å². The first-order valence-electron chi connectivity index (χ1n) is 4.19. The van der Waals surface area contributed by atoms with Crippen molar-refractivity contribution in [3.8, 4) is 0 Å². The van der Waals surface area contributed by atoms with Crippen molar-refractivity contribution in [1.29, 1.82) is 0 Å². The van der Waals surface area contributed by atoms with Crippen molar-refractivity contribution in [2.45, 2.75) is 12.5 Å². The van der Waals surface area contributed by atoms with Crippen molar-refractivity contribution in [3.63, 3.8) is 0 Å². The Morgan fingerprint density at radius 2 is 2.29 bits per heavy atom. The Labute approximate surface area is 82.5 Å². The van der Waals surface area contributed by atoms with E-state index in [1.807, 2.05) is 0 Å². The Morgan fingerprint density at radius 1 is 1.57 bits per heavy atom. The van der Waals surface area contributed by atoms with Crippen LogP contribution in [-0.2, 0) is 15.1 Å². The third-order valence-corrected chi connectivity index (χ3v) is 2.17. The highest BCUT2D eigenvalue weighted by atomic mass is 16.5. The van der Waals surface area contributed by atoms with Crippen LogP contribution in [0.3, 0.4) is 0 Å². The van der Waals surface area contributed by atoms with E-state index in [2.05, 4.69) is 15.3 Å². The molecule has 1 aromatic heterocycles. The quantitative estimate of drug-likeness (QED) is 0.692. The van der Waals surface area contributed by atoms with Gasteiger partial charge in [0.25, 0.3) is 0 Å². The lowest BCUT2D eigenvalue weighted by Crippen LogP contribution is -2.46. The van der Waals surface area contributed by atoms with Gasteiger partial charge < -0.3 is 10.1 Å². The van der Waals surface area contributed by atoms with Gasteiger partial charge >= 0.3 is 5.97 Å². The Balaban J connectivity index is 3.08. The molecule has 0 aromatic carbocycles. The highest BCUT2D eigenvalue weighted by Crippen LogP contribution is 2.18. The summed E-state index contributed by atoms with van der Waals surface area (Å²) in [6.07, 6.45) is 4.62. The van der Waals surface area contributed by atoms with E-state index >= 15 is 0 Å². The number of rotatable bonds is 3. The summed E-state index contributed by atoms with van der Waals surface area (Å²) in [5, 5.41) is 2.87. The summed E-state index contributed by atoms with van der Waals surface area (Å²) < 4.78 is 4.69. The van der Waals surface area contributed by atoms with Crippen LogP contribution in [0, 0.1) is 0 Å². The van der Waals surface area contributed by atoms with Crippen LogP contribution in [0.1, 0.15) is 12.6 Å². The first-order valence-corrected chi connectivity index (χ1v) is 4.19. The summed E-state index contributed by atoms with van der Waals surface area (Å²) in [6, 6.07) is 0. The van der Waals surface area contributed by atoms with Crippen molar-refractivity contribution >= 4 is 5.97 Å². The second kappa shape index (κ2) is 4.15. The number of methoxy groups -OCH3 is 1. The molecule has 0 aliphatic heterocycles. The lowest BCUT2D eigenvalue weighted by molar-refractivity contribution is -0.148. The van der Waals surface area contributed by atoms with Gasteiger partial charge in [0.05, 0.1) is 19.0 Å². The average molecular weight is 195 g/mol. The zero-order valence-electron chi connectivity index (χ0n) is 8.44. The number of hydrogen-bond donors (Lipinski definition) is 1. The van der Waals surface area contributed by atoms with Gasteiger partial charge in [-0.3, -0.25) is 9.97 Å². The molecule has 1 N–H and O–H groups in total. The lowest BCUT2D eigenvalue weighted by Gasteiger charge is -2.24. The predicted octanol–water partition coefficient (Wildman–Crippen LogP) is 0.0842. The summed E-state index contributed by atoms with van der Waals surface area (Å²) in [6.45, 7) is 1.70. The molecule has 0 aliphatic carbocycles. The molecule has 0 bridgehead atoms. The molecule has 5 heteroatoms. The largest absolute Gasteiger partial charge is 0.467 e. The molecule has 0 amide bonds. The predicted molar refractivity (Wildman–Crippen MR) is 50.5 cm³/mol. The maximum Gasteiger partial charge on any atom is 0.332 e. The molecule has 76 valence electrons. The maximum atomic E-state index is 11.5. The van der Waals surface area contributed by atoms with E-state index in [4.69, 9.17) is 4.74 Å². The number of carbonyl (C=O) groups excluding carboxylic acids is 1. The van der Waals surface area contributed by atoms with E-state index in [1.54, 1.807) is 20.2 Å². The molecule has 0 saturated heterocycles. The molecule has 0 fully saturated rings. The van der Waals surface area contributed by atoms with Crippen molar-refractivity contribution < 1.29 is 9.53 Å². The van der Waals surface area contributed by atoms with Crippen molar-refractivity contribution in [3.05, 3.63) is 24.3 Å². The molecule has 5 nitrogen and oxygen atoms in total. The maximum absolute atomic E-state index is 11.5. The minimum absolute atomic E-state index is 0.388. The summed E-state index contributed by atoms with van der Waals surface area (Å²) in [5.74, 6) is -0.388. The summed E-state index contributed by atoms with van der Waals surface area (Å²) in [5.41, 5.74) is -0.405. The van der Waals surface area contributed by atoms with Crippen molar-refractivity contribution in [1.82, 2.24) is 15.3 Å². The van der Waals surface area contributed by atoms with Crippen LogP contribution in [0.2, 0.25) is 0 Å². The van der Waals surface area contributed by atoms with Crippen LogP contribution in [0.25, 0.3) is 0 Å². The Kier molecular flexibility index (Phi) is 3.14. The van der Waals surface area contributed by atoms with E-state index in [0.717, 1.165) is 0 Å². The zero-order chi connectivity index (χ0) is 10.6. The fourth-order valence-corrected chi connectivity index (χ4v) is 1.10. The highest BCUT2D eigenvalue weighted by molar-refractivity contribution is 5.81. The second-order valence-corrected chi connectivity index (χ2v) is 2.96. The minimum atomic E-state index is -0.941. The third-order valence-electron chi connectivity index (χ3n) is 2.17. The number of nitrogens with zero attached hydrogens (tertiary/aromatic N) is 2. The standard InChI is InChI=1S/C9H13N3O2/c1-9(10-2,8(13)14-3)7-6-11-4-5-12-7/h4-6,10H,1-3H3. The van der Waals surface area contributed by atoms with Crippen LogP contribution in [0.15, 0.2) is 18.6 Å². The number of nitrogens with one attached hydrogen (secondary N) is 1. The van der Waals surface area contributed by atoms with Gasteiger partial charge in [-0.25, -0.2) is 4.79 Å². The zero-order valence-corrected chi connectivity index (χ0v) is 8.44. The molecule has 1 rings (SSSR count). The first-order chi connectivity index (χ1) is 6.65. The van der Waals surface area contributed by atoms with E-state index in [-0.39, 0.29) is 5.97 Å². The number of aromatic nitrogens is 2. The smallest absolute Gasteiger partial charge is 0.332 e. The SMILES string of the molecule is CNC(C)(C(=O)OC)c1cnccn1. The molecule has 0 spiro atoms. The van der Waals surface area contributed by atoms with Gasteiger partial charge in [-0.05, 0) is 14.0 Å². The Bertz CT molecular complexity index is 315. The topological polar surface area (TPSA) is 64.1 Å². The molecule has 0 aliphatic rings. The van der Waals surface area contributed by atoms with E-state index in [1.165, 1.54) is 19.5 Å². The molecule has 1 unspecified atom stereocenters. The Morgan fingerprint density at radius 3 is 2.71 bits per heavy atom. The van der Waals surface area contributed by atoms with Crippen LogP contribution in [-0.4, -0.2) is 30.1 Å².